The molecule has 0 unspecified atom stereocenters. The maximum Gasteiger partial charge on any atom is 0.335 e. The van der Waals surface area contributed by atoms with Crippen LogP contribution in [0.1, 0.15) is 29.3 Å². The molecule has 0 saturated heterocycles. The number of nitrogens with zero attached hydrogens (tertiary/aromatic N) is 1. The Morgan fingerprint density at radius 2 is 2.22 bits per heavy atom. The molecule has 0 bridgehead atoms. The lowest BCUT2D eigenvalue weighted by Crippen LogP contribution is -2.35. The molecular formula is C14H15NO3. The fourth-order valence-electron chi connectivity index (χ4n) is 2.10. The molecule has 1 N–H and O–H groups in total. The van der Waals surface area contributed by atoms with Gasteiger partial charge in [0.05, 0.1) is 5.56 Å². The summed E-state index contributed by atoms with van der Waals surface area (Å²) < 4.78 is 0. The van der Waals surface area contributed by atoms with E-state index in [1.807, 2.05) is 19.1 Å². The first kappa shape index (κ1) is 12.4. The number of rotatable bonds is 3. The number of amides is 1. The number of hydrogen-bond donors (Lipinski definition) is 1. The van der Waals surface area contributed by atoms with Crippen molar-refractivity contribution in [3.05, 3.63) is 41.5 Å². The SMILES string of the molecule is C/C=C/CN1C(=O)CCc2cc(C(=O)O)ccc21. The highest BCUT2D eigenvalue weighted by Gasteiger charge is 2.23. The summed E-state index contributed by atoms with van der Waals surface area (Å²) in [6.07, 6.45) is 4.86. The highest BCUT2D eigenvalue weighted by molar-refractivity contribution is 5.98. The molecule has 0 fully saturated rings. The maximum atomic E-state index is 11.9. The van der Waals surface area contributed by atoms with Crippen LogP contribution in [0.25, 0.3) is 0 Å². The lowest BCUT2D eigenvalue weighted by atomic mass is 9.98. The van der Waals surface area contributed by atoms with Gasteiger partial charge in [0, 0.05) is 18.7 Å². The van der Waals surface area contributed by atoms with Gasteiger partial charge < -0.3 is 10.0 Å². The van der Waals surface area contributed by atoms with E-state index in [9.17, 15) is 9.59 Å². The number of aromatic carboxylic acids is 1. The molecule has 1 aromatic rings. The monoisotopic (exact) mass is 245 g/mol. The Morgan fingerprint density at radius 3 is 2.89 bits per heavy atom. The highest BCUT2D eigenvalue weighted by Crippen LogP contribution is 2.28. The second kappa shape index (κ2) is 5.04. The van der Waals surface area contributed by atoms with E-state index < -0.39 is 5.97 Å². The number of carbonyl (C=O) groups is 2. The summed E-state index contributed by atoms with van der Waals surface area (Å²) in [5.74, 6) is -0.849. The van der Waals surface area contributed by atoms with Crippen LogP contribution in [0.15, 0.2) is 30.4 Å². The zero-order valence-corrected chi connectivity index (χ0v) is 10.2. The van der Waals surface area contributed by atoms with Gasteiger partial charge in [0.25, 0.3) is 0 Å². The van der Waals surface area contributed by atoms with Crippen molar-refractivity contribution in [2.75, 3.05) is 11.4 Å². The largest absolute Gasteiger partial charge is 0.478 e. The number of carboxylic acids is 1. The number of aryl methyl sites for hydroxylation is 1. The van der Waals surface area contributed by atoms with Gasteiger partial charge in [-0.25, -0.2) is 4.79 Å². The topological polar surface area (TPSA) is 57.6 Å². The second-order valence-corrected chi connectivity index (χ2v) is 4.22. The predicted molar refractivity (Wildman–Crippen MR) is 68.9 cm³/mol. The molecule has 2 rings (SSSR count). The molecule has 1 aliphatic heterocycles. The molecular weight excluding hydrogens is 230 g/mol. The Labute approximate surface area is 106 Å². The zero-order valence-electron chi connectivity index (χ0n) is 10.2. The number of fused-ring (bicyclic) bond motifs is 1. The third-order valence-electron chi connectivity index (χ3n) is 3.05. The molecule has 0 radical (unpaired) electrons. The molecule has 4 nitrogen and oxygen atoms in total. The molecule has 1 amide bonds. The average molecular weight is 245 g/mol. The van der Waals surface area contributed by atoms with E-state index in [-0.39, 0.29) is 11.5 Å². The van der Waals surface area contributed by atoms with E-state index in [1.165, 1.54) is 0 Å². The van der Waals surface area contributed by atoms with Crippen LogP contribution in [-0.2, 0) is 11.2 Å². The fourth-order valence-corrected chi connectivity index (χ4v) is 2.10. The zero-order chi connectivity index (χ0) is 13.1. The number of anilines is 1. The Morgan fingerprint density at radius 1 is 1.44 bits per heavy atom. The van der Waals surface area contributed by atoms with Gasteiger partial charge >= 0.3 is 5.97 Å². The van der Waals surface area contributed by atoms with Crippen LogP contribution < -0.4 is 4.90 Å². The van der Waals surface area contributed by atoms with E-state index >= 15 is 0 Å². The van der Waals surface area contributed by atoms with Gasteiger partial charge in [0.15, 0.2) is 0 Å². The molecule has 0 aliphatic carbocycles. The Hall–Kier alpha value is -2.10. The fraction of sp³-hybridized carbons (Fsp3) is 0.286. The van der Waals surface area contributed by atoms with Crippen LogP contribution >= 0.6 is 0 Å². The third kappa shape index (κ3) is 2.27. The minimum absolute atomic E-state index is 0.0867. The summed E-state index contributed by atoms with van der Waals surface area (Å²) in [7, 11) is 0. The Kier molecular flexibility index (Phi) is 3.46. The van der Waals surface area contributed by atoms with E-state index in [4.69, 9.17) is 5.11 Å². The molecule has 4 heteroatoms. The van der Waals surface area contributed by atoms with Crippen LogP contribution in [0.5, 0.6) is 0 Å². The number of carbonyl (C=O) groups excluding carboxylic acids is 1. The van der Waals surface area contributed by atoms with Gasteiger partial charge in [-0.2, -0.15) is 0 Å². The van der Waals surface area contributed by atoms with Crippen molar-refractivity contribution >= 4 is 17.6 Å². The summed E-state index contributed by atoms with van der Waals surface area (Å²) in [4.78, 5) is 24.5. The number of benzene rings is 1. The van der Waals surface area contributed by atoms with E-state index in [2.05, 4.69) is 0 Å². The molecule has 1 aliphatic rings. The van der Waals surface area contributed by atoms with E-state index in [1.54, 1.807) is 23.1 Å². The second-order valence-electron chi connectivity index (χ2n) is 4.22. The van der Waals surface area contributed by atoms with Gasteiger partial charge in [0.2, 0.25) is 5.91 Å². The number of hydrogen-bond acceptors (Lipinski definition) is 2. The first-order valence-electron chi connectivity index (χ1n) is 5.91. The Balaban J connectivity index is 2.38. The molecule has 0 aromatic heterocycles. The molecule has 1 heterocycles. The molecule has 0 saturated carbocycles. The molecule has 1 aromatic carbocycles. The van der Waals surface area contributed by atoms with Gasteiger partial charge in [0.1, 0.15) is 0 Å². The van der Waals surface area contributed by atoms with Gasteiger partial charge in [-0.05, 0) is 37.1 Å². The van der Waals surface area contributed by atoms with Crippen molar-refractivity contribution < 1.29 is 14.7 Å². The minimum Gasteiger partial charge on any atom is -0.478 e. The van der Waals surface area contributed by atoms with Gasteiger partial charge in [-0.15, -0.1) is 0 Å². The van der Waals surface area contributed by atoms with Gasteiger partial charge in [-0.1, -0.05) is 12.2 Å². The van der Waals surface area contributed by atoms with Crippen molar-refractivity contribution in [1.29, 1.82) is 0 Å². The van der Waals surface area contributed by atoms with E-state index in [0.29, 0.717) is 19.4 Å². The number of carboxylic acid groups (broad SMARTS) is 1. The highest BCUT2D eigenvalue weighted by atomic mass is 16.4. The summed E-state index contributed by atoms with van der Waals surface area (Å²) in [6, 6.07) is 4.93. The van der Waals surface area contributed by atoms with Crippen LogP contribution in [0, 0.1) is 0 Å². The first-order chi connectivity index (χ1) is 8.63. The summed E-state index contributed by atoms with van der Waals surface area (Å²) in [5.41, 5.74) is 2.03. The Bertz CT molecular complexity index is 520. The van der Waals surface area contributed by atoms with Crippen LogP contribution in [0.4, 0.5) is 5.69 Å². The lowest BCUT2D eigenvalue weighted by molar-refractivity contribution is -0.118. The normalized spacial score (nSPS) is 14.9. The standard InChI is InChI=1S/C14H15NO3/c1-2-3-8-15-12-6-4-11(14(17)18)9-10(12)5-7-13(15)16/h2-4,6,9H,5,7-8H2,1H3,(H,17,18)/b3-2+. The molecule has 94 valence electrons. The van der Waals surface area contributed by atoms with E-state index in [0.717, 1.165) is 11.3 Å². The van der Waals surface area contributed by atoms with Crippen molar-refractivity contribution in [2.45, 2.75) is 19.8 Å². The van der Waals surface area contributed by atoms with Crippen molar-refractivity contribution in [1.82, 2.24) is 0 Å². The number of allylic oxidation sites excluding steroid dienone is 1. The van der Waals surface area contributed by atoms with Crippen molar-refractivity contribution in [2.24, 2.45) is 0 Å². The van der Waals surface area contributed by atoms with Crippen molar-refractivity contribution in [3.8, 4) is 0 Å². The summed E-state index contributed by atoms with van der Waals surface area (Å²) >= 11 is 0. The first-order valence-corrected chi connectivity index (χ1v) is 5.91. The maximum absolute atomic E-state index is 11.9. The predicted octanol–water partition coefficient (Wildman–Crippen LogP) is 2.24. The minimum atomic E-state index is -0.935. The summed E-state index contributed by atoms with van der Waals surface area (Å²) in [5, 5.41) is 8.95. The van der Waals surface area contributed by atoms with Crippen molar-refractivity contribution in [3.63, 3.8) is 0 Å². The molecule has 0 atom stereocenters. The summed E-state index contributed by atoms with van der Waals surface area (Å²) in [6.45, 7) is 2.44. The molecule has 18 heavy (non-hydrogen) atoms. The van der Waals surface area contributed by atoms with Crippen LogP contribution in [-0.4, -0.2) is 23.5 Å². The average Bonchev–Trinajstić information content (AvgIpc) is 2.37. The van der Waals surface area contributed by atoms with Crippen LogP contribution in [0.2, 0.25) is 0 Å². The molecule has 0 spiro atoms. The lowest BCUT2D eigenvalue weighted by Gasteiger charge is -2.28. The van der Waals surface area contributed by atoms with Gasteiger partial charge in [-0.3, -0.25) is 4.79 Å². The third-order valence-corrected chi connectivity index (χ3v) is 3.05. The smallest absolute Gasteiger partial charge is 0.335 e. The quantitative estimate of drug-likeness (QED) is 0.831. The van der Waals surface area contributed by atoms with Crippen LogP contribution in [0.3, 0.4) is 0 Å².